The van der Waals surface area contributed by atoms with Crippen LogP contribution in [-0.4, -0.2) is 9.52 Å². The zero-order valence-corrected chi connectivity index (χ0v) is 8.11. The zero-order valence-electron chi connectivity index (χ0n) is 6.70. The number of hydrogen-bond acceptors (Lipinski definition) is 0. The molecule has 0 nitrogen and oxygen atoms in total. The van der Waals surface area contributed by atoms with Gasteiger partial charge in [0, 0.05) is 0 Å². The van der Waals surface area contributed by atoms with Crippen molar-refractivity contribution >= 4 is 9.52 Å². The molecule has 0 radical (unpaired) electrons. The van der Waals surface area contributed by atoms with Gasteiger partial charge in [0.25, 0.3) is 0 Å². The van der Waals surface area contributed by atoms with Crippen LogP contribution in [0.3, 0.4) is 0 Å². The lowest BCUT2D eigenvalue weighted by molar-refractivity contribution is 1.33. The van der Waals surface area contributed by atoms with E-state index in [1.165, 1.54) is 11.6 Å². The van der Waals surface area contributed by atoms with E-state index in [1.807, 2.05) is 6.08 Å². The number of rotatable bonds is 3. The molecule has 0 bridgehead atoms. The Bertz CT molecular complexity index is 119. The molecule has 0 aromatic rings. The van der Waals surface area contributed by atoms with Gasteiger partial charge in [-0.1, -0.05) is 16.8 Å². The van der Waals surface area contributed by atoms with Gasteiger partial charge in [0.2, 0.25) is 0 Å². The summed E-state index contributed by atoms with van der Waals surface area (Å²) >= 11 is 0. The van der Waals surface area contributed by atoms with Gasteiger partial charge in [-0.3, -0.25) is 0 Å². The second kappa shape index (κ2) is 4.56. The van der Waals surface area contributed by atoms with Crippen LogP contribution in [0.5, 0.6) is 0 Å². The van der Waals surface area contributed by atoms with Crippen LogP contribution in [0, 0.1) is 0 Å². The van der Waals surface area contributed by atoms with E-state index in [0.717, 1.165) is 0 Å². The van der Waals surface area contributed by atoms with Crippen molar-refractivity contribution in [3.05, 3.63) is 23.4 Å². The van der Waals surface area contributed by atoms with E-state index in [2.05, 4.69) is 27.4 Å². The van der Waals surface area contributed by atoms with Crippen molar-refractivity contribution in [2.24, 2.45) is 0 Å². The lowest BCUT2D eigenvalue weighted by Crippen LogP contribution is -1.91. The molecule has 9 heavy (non-hydrogen) atoms. The fourth-order valence-electron chi connectivity index (χ4n) is 0.569. The van der Waals surface area contributed by atoms with Gasteiger partial charge in [0.05, 0.1) is 9.52 Å². The van der Waals surface area contributed by atoms with E-state index in [4.69, 9.17) is 0 Å². The van der Waals surface area contributed by atoms with Crippen molar-refractivity contribution in [1.29, 1.82) is 0 Å². The van der Waals surface area contributed by atoms with Crippen molar-refractivity contribution in [1.82, 2.24) is 0 Å². The van der Waals surface area contributed by atoms with Crippen molar-refractivity contribution in [2.45, 2.75) is 26.8 Å². The molecule has 0 rings (SSSR count). The molecule has 0 fully saturated rings. The van der Waals surface area contributed by atoms with Gasteiger partial charge < -0.3 is 0 Å². The second-order valence-electron chi connectivity index (χ2n) is 2.61. The second-order valence-corrected chi connectivity index (χ2v) is 4.75. The summed E-state index contributed by atoms with van der Waals surface area (Å²) in [6, 6.07) is 1.25. The quantitative estimate of drug-likeness (QED) is 0.416. The molecule has 0 unspecified atom stereocenters. The summed E-state index contributed by atoms with van der Waals surface area (Å²) in [6.07, 6.45) is 2.03. The lowest BCUT2D eigenvalue weighted by atomic mass is 10.3. The van der Waals surface area contributed by atoms with E-state index in [1.54, 1.807) is 5.20 Å². The molecule has 0 aromatic carbocycles. The maximum atomic E-state index is 3.70. The molecule has 0 amide bonds. The molecule has 1 heteroatoms. The Morgan fingerprint density at radius 2 is 2.00 bits per heavy atom. The molecule has 52 valence electrons. The maximum Gasteiger partial charge on any atom is 0.0528 e. The Hall–Kier alpha value is -0.303. The highest BCUT2D eigenvalue weighted by Gasteiger charge is 1.89. The highest BCUT2D eigenvalue weighted by atomic mass is 28.2. The van der Waals surface area contributed by atoms with Crippen LogP contribution < -0.4 is 0 Å². The first-order chi connectivity index (χ1) is 4.18. The summed E-state index contributed by atoms with van der Waals surface area (Å²) in [5.41, 5.74) is 1.50. The van der Waals surface area contributed by atoms with Gasteiger partial charge >= 0.3 is 0 Å². The predicted octanol–water partition coefficient (Wildman–Crippen LogP) is 2.07. The Morgan fingerprint density at radius 3 is 2.33 bits per heavy atom. The Kier molecular flexibility index (Phi) is 4.41. The van der Waals surface area contributed by atoms with Gasteiger partial charge in [0.1, 0.15) is 0 Å². The molecule has 0 aliphatic rings. The summed E-state index contributed by atoms with van der Waals surface area (Å²) in [5.74, 6) is 0. The molecular weight excluding hydrogens is 124 g/mol. The molecule has 0 spiro atoms. The summed E-state index contributed by atoms with van der Waals surface area (Å²) < 4.78 is 0. The maximum absolute atomic E-state index is 3.70. The Morgan fingerprint density at radius 1 is 1.44 bits per heavy atom. The molecule has 0 saturated heterocycles. The third-order valence-corrected chi connectivity index (χ3v) is 3.73. The van der Waals surface area contributed by atoms with Crippen LogP contribution in [0.1, 0.15) is 20.8 Å². The van der Waals surface area contributed by atoms with Gasteiger partial charge in [-0.25, -0.2) is 0 Å². The smallest absolute Gasteiger partial charge is 0.0528 e. The summed E-state index contributed by atoms with van der Waals surface area (Å²) in [6.45, 7) is 10.3. The van der Waals surface area contributed by atoms with Crippen LogP contribution in [0.2, 0.25) is 6.04 Å². The molecule has 0 atom stereocenters. The molecule has 0 aliphatic heterocycles. The lowest BCUT2D eigenvalue weighted by Gasteiger charge is -1.98. The number of hydrogen-bond donors (Lipinski definition) is 0. The van der Waals surface area contributed by atoms with Crippen LogP contribution >= 0.6 is 0 Å². The van der Waals surface area contributed by atoms with Crippen molar-refractivity contribution in [3.8, 4) is 0 Å². The Balaban J connectivity index is 3.62. The first kappa shape index (κ1) is 8.70. The predicted molar refractivity (Wildman–Crippen MR) is 47.6 cm³/mol. The summed E-state index contributed by atoms with van der Waals surface area (Å²) in [5, 5.41) is 1.63. The monoisotopic (exact) mass is 140 g/mol. The van der Waals surface area contributed by atoms with Crippen LogP contribution in [0.4, 0.5) is 0 Å². The molecule has 0 aliphatic carbocycles. The molecule has 0 saturated carbocycles. The molecule has 0 N–H and O–H groups in total. The van der Waals surface area contributed by atoms with Crippen LogP contribution in [0.25, 0.3) is 0 Å². The van der Waals surface area contributed by atoms with Gasteiger partial charge in [-0.05, 0) is 26.8 Å². The summed E-state index contributed by atoms with van der Waals surface area (Å²) in [4.78, 5) is 0. The first-order valence-electron chi connectivity index (χ1n) is 3.42. The average molecular weight is 140 g/mol. The third kappa shape index (κ3) is 4.22. The first-order valence-corrected chi connectivity index (χ1v) is 5.13. The van der Waals surface area contributed by atoms with Gasteiger partial charge in [-0.15, -0.1) is 6.58 Å². The van der Waals surface area contributed by atoms with E-state index >= 15 is 0 Å². The molecule has 0 aromatic heterocycles. The topological polar surface area (TPSA) is 0 Å². The SMILES string of the molecule is C=CC[SiH2]C(C)=C(C)C. The third-order valence-electron chi connectivity index (χ3n) is 1.58. The number of allylic oxidation sites excluding steroid dienone is 3. The minimum atomic E-state index is 0.0498. The highest BCUT2D eigenvalue weighted by Crippen LogP contribution is 2.01. The van der Waals surface area contributed by atoms with Crippen LogP contribution in [0.15, 0.2) is 23.4 Å². The highest BCUT2D eigenvalue weighted by molar-refractivity contribution is 6.45. The minimum Gasteiger partial charge on any atom is -0.103 e. The van der Waals surface area contributed by atoms with E-state index in [0.29, 0.717) is 0 Å². The van der Waals surface area contributed by atoms with Gasteiger partial charge in [-0.2, -0.15) is 0 Å². The fourth-order valence-corrected chi connectivity index (χ4v) is 1.71. The summed E-state index contributed by atoms with van der Waals surface area (Å²) in [7, 11) is 0.0498. The van der Waals surface area contributed by atoms with Crippen molar-refractivity contribution in [3.63, 3.8) is 0 Å². The van der Waals surface area contributed by atoms with Crippen molar-refractivity contribution < 1.29 is 0 Å². The van der Waals surface area contributed by atoms with E-state index in [9.17, 15) is 0 Å². The zero-order chi connectivity index (χ0) is 7.28. The average Bonchev–Trinajstić information content (AvgIpc) is 1.82. The van der Waals surface area contributed by atoms with Crippen molar-refractivity contribution in [2.75, 3.05) is 0 Å². The molecule has 0 heterocycles. The van der Waals surface area contributed by atoms with E-state index < -0.39 is 0 Å². The molecular formula is C8H16Si. The van der Waals surface area contributed by atoms with E-state index in [-0.39, 0.29) is 9.52 Å². The minimum absolute atomic E-state index is 0.0498. The Labute approximate surface area is 60.5 Å². The fraction of sp³-hybridized carbons (Fsp3) is 0.500. The van der Waals surface area contributed by atoms with Gasteiger partial charge in [0.15, 0.2) is 0 Å². The standard InChI is InChI=1S/C8H16Si/c1-5-6-9-8(4)7(2)3/h5H,1,6,9H2,2-4H3. The normalized spacial score (nSPS) is 10.1. The largest absolute Gasteiger partial charge is 0.103 e. The van der Waals surface area contributed by atoms with Crippen LogP contribution in [-0.2, 0) is 0 Å².